The molecule has 1 atom stereocenters. The number of amides is 3. The lowest BCUT2D eigenvalue weighted by Crippen LogP contribution is -2.49. The first kappa shape index (κ1) is 18.5. The highest BCUT2D eigenvalue weighted by atomic mass is 16.6. The summed E-state index contributed by atoms with van der Waals surface area (Å²) in [7, 11) is 0. The molecule has 142 valence electrons. The lowest BCUT2D eigenvalue weighted by atomic mass is 9.98. The van der Waals surface area contributed by atoms with Gasteiger partial charge in [0.05, 0.1) is 6.04 Å². The molecule has 0 radical (unpaired) electrons. The van der Waals surface area contributed by atoms with E-state index in [-0.39, 0.29) is 24.2 Å². The van der Waals surface area contributed by atoms with Crippen molar-refractivity contribution in [3.63, 3.8) is 0 Å². The van der Waals surface area contributed by atoms with E-state index < -0.39 is 5.60 Å². The Hall–Kier alpha value is -2.24. The summed E-state index contributed by atoms with van der Waals surface area (Å²) in [5, 5.41) is 2.98. The molecule has 3 rings (SSSR count). The Morgan fingerprint density at radius 1 is 1.23 bits per heavy atom. The molecule has 1 N–H and O–H groups in total. The van der Waals surface area contributed by atoms with Crippen LogP contribution in [0.2, 0.25) is 0 Å². The number of aryl methyl sites for hydroxylation is 1. The molecule has 6 nitrogen and oxygen atoms in total. The number of ether oxygens (including phenoxy) is 1. The summed E-state index contributed by atoms with van der Waals surface area (Å²) in [5.41, 5.74) is 1.87. The molecular weight excluding hydrogens is 330 g/mol. The monoisotopic (exact) mass is 359 g/mol. The highest BCUT2D eigenvalue weighted by Crippen LogP contribution is 2.31. The van der Waals surface area contributed by atoms with Gasteiger partial charge < -0.3 is 19.9 Å². The van der Waals surface area contributed by atoms with Gasteiger partial charge in [-0.15, -0.1) is 0 Å². The normalized spacial score (nSPS) is 21.7. The van der Waals surface area contributed by atoms with Crippen LogP contribution < -0.4 is 5.32 Å². The molecule has 1 aromatic rings. The lowest BCUT2D eigenvalue weighted by molar-refractivity contribution is 0.0158. The third-order valence-corrected chi connectivity index (χ3v) is 4.95. The van der Waals surface area contributed by atoms with Gasteiger partial charge in [0, 0.05) is 25.7 Å². The van der Waals surface area contributed by atoms with E-state index in [9.17, 15) is 9.59 Å². The molecule has 0 aromatic heterocycles. The Labute approximate surface area is 155 Å². The van der Waals surface area contributed by atoms with Crippen LogP contribution in [0.3, 0.4) is 0 Å². The molecule has 2 aliphatic heterocycles. The number of carbonyl (C=O) groups excluding carboxylic acids is 2. The van der Waals surface area contributed by atoms with Gasteiger partial charge in [-0.05, 0) is 46.1 Å². The fraction of sp³-hybridized carbons (Fsp3) is 0.600. The predicted molar refractivity (Wildman–Crippen MR) is 100.0 cm³/mol. The molecule has 0 bridgehead atoms. The van der Waals surface area contributed by atoms with Gasteiger partial charge in [0.15, 0.2) is 0 Å². The average molecular weight is 359 g/mol. The highest BCUT2D eigenvalue weighted by molar-refractivity contribution is 5.77. The maximum atomic E-state index is 12.5. The van der Waals surface area contributed by atoms with Crippen molar-refractivity contribution in [2.24, 2.45) is 0 Å². The first-order valence-electron chi connectivity index (χ1n) is 9.35. The fourth-order valence-corrected chi connectivity index (χ4v) is 3.74. The summed E-state index contributed by atoms with van der Waals surface area (Å²) in [6.45, 7) is 9.55. The molecule has 0 aliphatic carbocycles. The molecule has 1 aromatic carbocycles. The Kier molecular flexibility index (Phi) is 5.12. The van der Waals surface area contributed by atoms with Gasteiger partial charge in [-0.2, -0.15) is 0 Å². The van der Waals surface area contributed by atoms with Crippen molar-refractivity contribution in [3.8, 4) is 0 Å². The van der Waals surface area contributed by atoms with Crippen LogP contribution in [-0.4, -0.2) is 53.2 Å². The second-order valence-corrected chi connectivity index (χ2v) is 8.22. The van der Waals surface area contributed by atoms with Crippen LogP contribution >= 0.6 is 0 Å². The average Bonchev–Trinajstić information content (AvgIpc) is 2.95. The summed E-state index contributed by atoms with van der Waals surface area (Å²) in [4.78, 5) is 28.4. The van der Waals surface area contributed by atoms with Gasteiger partial charge in [-0.3, -0.25) is 0 Å². The van der Waals surface area contributed by atoms with Gasteiger partial charge in [0.25, 0.3) is 0 Å². The summed E-state index contributed by atoms with van der Waals surface area (Å²) in [6.07, 6.45) is 1.28. The minimum absolute atomic E-state index is 0.00720. The van der Waals surface area contributed by atoms with Crippen LogP contribution in [0.25, 0.3) is 0 Å². The Morgan fingerprint density at radius 2 is 1.92 bits per heavy atom. The third kappa shape index (κ3) is 4.11. The SMILES string of the molecule is Cc1cccc(C2CNC(=O)N2C2CCN(C(=O)OC(C)(C)C)CC2)c1. The van der Waals surface area contributed by atoms with Crippen LogP contribution in [0, 0.1) is 6.92 Å². The maximum Gasteiger partial charge on any atom is 0.410 e. The van der Waals surface area contributed by atoms with Gasteiger partial charge >= 0.3 is 12.1 Å². The molecular formula is C20H29N3O3. The molecule has 6 heteroatoms. The van der Waals surface area contributed by atoms with E-state index in [0.29, 0.717) is 19.6 Å². The standard InChI is InChI=1S/C20H29N3O3/c1-14-6-5-7-15(12-14)17-13-21-18(24)23(17)16-8-10-22(11-9-16)19(25)26-20(2,3)4/h5-7,12,16-17H,8-11,13H2,1-4H3,(H,21,24). The Morgan fingerprint density at radius 3 is 2.54 bits per heavy atom. The number of hydrogen-bond acceptors (Lipinski definition) is 3. The fourth-order valence-electron chi connectivity index (χ4n) is 3.74. The zero-order chi connectivity index (χ0) is 18.9. The number of urea groups is 1. The lowest BCUT2D eigenvalue weighted by Gasteiger charge is -2.39. The van der Waals surface area contributed by atoms with E-state index in [1.807, 2.05) is 31.7 Å². The van der Waals surface area contributed by atoms with E-state index in [1.54, 1.807) is 4.90 Å². The molecule has 0 saturated carbocycles. The van der Waals surface area contributed by atoms with E-state index in [1.165, 1.54) is 5.56 Å². The van der Waals surface area contributed by atoms with E-state index in [4.69, 9.17) is 4.74 Å². The highest BCUT2D eigenvalue weighted by Gasteiger charge is 2.39. The van der Waals surface area contributed by atoms with Gasteiger partial charge in [-0.25, -0.2) is 9.59 Å². The topological polar surface area (TPSA) is 61.9 Å². The van der Waals surface area contributed by atoms with E-state index in [2.05, 4.69) is 30.4 Å². The number of nitrogens with one attached hydrogen (secondary N) is 1. The molecule has 2 saturated heterocycles. The van der Waals surface area contributed by atoms with Gasteiger partial charge in [-0.1, -0.05) is 29.8 Å². The zero-order valence-electron chi connectivity index (χ0n) is 16.1. The summed E-state index contributed by atoms with van der Waals surface area (Å²) < 4.78 is 5.46. The summed E-state index contributed by atoms with van der Waals surface area (Å²) >= 11 is 0. The van der Waals surface area contributed by atoms with Crippen LogP contribution in [0.5, 0.6) is 0 Å². The molecule has 2 fully saturated rings. The molecule has 1 unspecified atom stereocenters. The van der Waals surface area contributed by atoms with Crippen molar-refractivity contribution in [2.45, 2.75) is 58.2 Å². The maximum absolute atomic E-state index is 12.5. The van der Waals surface area contributed by atoms with Crippen molar-refractivity contribution in [1.82, 2.24) is 15.1 Å². The van der Waals surface area contributed by atoms with Crippen LogP contribution in [-0.2, 0) is 4.74 Å². The molecule has 26 heavy (non-hydrogen) atoms. The Bertz CT molecular complexity index is 675. The number of nitrogens with zero attached hydrogens (tertiary/aromatic N) is 2. The van der Waals surface area contributed by atoms with Crippen LogP contribution in [0.4, 0.5) is 9.59 Å². The number of piperidine rings is 1. The number of benzene rings is 1. The minimum atomic E-state index is -0.487. The quantitative estimate of drug-likeness (QED) is 0.880. The molecule has 2 aliphatic rings. The Balaban J connectivity index is 1.66. The number of likely N-dealkylation sites (tertiary alicyclic amines) is 1. The smallest absolute Gasteiger partial charge is 0.410 e. The van der Waals surface area contributed by atoms with Crippen molar-refractivity contribution in [1.29, 1.82) is 0 Å². The first-order valence-corrected chi connectivity index (χ1v) is 9.35. The van der Waals surface area contributed by atoms with Crippen molar-refractivity contribution in [3.05, 3.63) is 35.4 Å². The summed E-state index contributed by atoms with van der Waals surface area (Å²) in [5.74, 6) is 0. The van der Waals surface area contributed by atoms with E-state index >= 15 is 0 Å². The molecule has 0 spiro atoms. The number of hydrogen-bond donors (Lipinski definition) is 1. The predicted octanol–water partition coefficient (Wildman–Crippen LogP) is 3.46. The van der Waals surface area contributed by atoms with Crippen molar-refractivity contribution < 1.29 is 14.3 Å². The molecule has 2 heterocycles. The second-order valence-electron chi connectivity index (χ2n) is 8.22. The van der Waals surface area contributed by atoms with Gasteiger partial charge in [0.2, 0.25) is 0 Å². The first-order chi connectivity index (χ1) is 12.2. The van der Waals surface area contributed by atoms with E-state index in [0.717, 1.165) is 18.4 Å². The second kappa shape index (κ2) is 7.17. The van der Waals surface area contributed by atoms with Crippen molar-refractivity contribution in [2.75, 3.05) is 19.6 Å². The minimum Gasteiger partial charge on any atom is -0.444 e. The zero-order valence-corrected chi connectivity index (χ0v) is 16.1. The third-order valence-electron chi connectivity index (χ3n) is 4.95. The van der Waals surface area contributed by atoms with Crippen LogP contribution in [0.15, 0.2) is 24.3 Å². The van der Waals surface area contributed by atoms with Gasteiger partial charge in [0.1, 0.15) is 5.60 Å². The summed E-state index contributed by atoms with van der Waals surface area (Å²) in [6, 6.07) is 8.53. The number of rotatable bonds is 2. The largest absolute Gasteiger partial charge is 0.444 e. The van der Waals surface area contributed by atoms with Crippen molar-refractivity contribution >= 4 is 12.1 Å². The molecule has 3 amide bonds. The van der Waals surface area contributed by atoms with Crippen LogP contribution in [0.1, 0.15) is 50.8 Å². The number of carbonyl (C=O) groups is 2.